The van der Waals surface area contributed by atoms with Crippen molar-refractivity contribution in [3.63, 3.8) is 0 Å². The van der Waals surface area contributed by atoms with Gasteiger partial charge in [0, 0.05) is 14.9 Å². The monoisotopic (exact) mass is 210 g/mol. The Bertz CT molecular complexity index is 329. The lowest BCUT2D eigenvalue weighted by Gasteiger charge is -2.11. The maximum absolute atomic E-state index is 2.29. The summed E-state index contributed by atoms with van der Waals surface area (Å²) in [5.74, 6) is 0.653. The highest BCUT2D eigenvalue weighted by Gasteiger charge is 2.19. The van der Waals surface area contributed by atoms with Crippen LogP contribution in [0.4, 0.5) is 0 Å². The molecule has 0 N–H and O–H groups in total. The smallest absolute Gasteiger partial charge is 0.0487 e. The van der Waals surface area contributed by atoms with Gasteiger partial charge in [-0.3, -0.25) is 0 Å². The zero-order chi connectivity index (χ0) is 9.42. The molecule has 0 nitrogen and oxygen atoms in total. The number of rotatable bonds is 1. The predicted octanol–water partition coefficient (Wildman–Crippen LogP) is 4.27. The number of hydrogen-bond donors (Lipinski definition) is 0. The summed E-state index contributed by atoms with van der Waals surface area (Å²) in [4.78, 5) is 3.07. The maximum atomic E-state index is 2.29. The van der Waals surface area contributed by atoms with Crippen LogP contribution < -0.4 is 0 Å². The summed E-state index contributed by atoms with van der Waals surface area (Å²) in [6.07, 6.45) is 0. The normalized spacial score (nSPS) is 15.1. The Morgan fingerprint density at radius 3 is 2.54 bits per heavy atom. The van der Waals surface area contributed by atoms with Gasteiger partial charge in [-0.2, -0.15) is 0 Å². The van der Waals surface area contributed by atoms with Crippen molar-refractivity contribution in [3.05, 3.63) is 23.3 Å². The molecule has 0 radical (unpaired) electrons. The minimum atomic E-state index is 0.653. The van der Waals surface area contributed by atoms with E-state index in [4.69, 9.17) is 0 Å². The van der Waals surface area contributed by atoms with Crippen molar-refractivity contribution in [1.29, 1.82) is 0 Å². The minimum absolute atomic E-state index is 0.653. The van der Waals surface area contributed by atoms with Crippen molar-refractivity contribution in [2.45, 2.75) is 36.5 Å². The van der Waals surface area contributed by atoms with Gasteiger partial charge >= 0.3 is 0 Å². The van der Waals surface area contributed by atoms with E-state index < -0.39 is 0 Å². The average Bonchev–Trinajstić information content (AvgIpc) is 2.53. The van der Waals surface area contributed by atoms with Crippen molar-refractivity contribution >= 4 is 23.5 Å². The minimum Gasteiger partial charge on any atom is -0.113 e. The van der Waals surface area contributed by atoms with Gasteiger partial charge in [-0.1, -0.05) is 26.0 Å². The molecule has 0 fully saturated rings. The second kappa shape index (κ2) is 3.58. The first-order valence-electron chi connectivity index (χ1n) is 4.59. The second-order valence-corrected chi connectivity index (χ2v) is 6.03. The van der Waals surface area contributed by atoms with Crippen molar-refractivity contribution in [2.75, 3.05) is 5.08 Å². The van der Waals surface area contributed by atoms with E-state index in [0.717, 1.165) is 0 Å². The summed E-state index contributed by atoms with van der Waals surface area (Å²) in [6.45, 7) is 6.75. The molecule has 1 aromatic carbocycles. The van der Waals surface area contributed by atoms with Crippen LogP contribution in [0.5, 0.6) is 0 Å². The van der Waals surface area contributed by atoms with Crippen LogP contribution in [0.15, 0.2) is 21.9 Å². The highest BCUT2D eigenvalue weighted by atomic mass is 32.2. The molecule has 0 unspecified atom stereocenters. The van der Waals surface area contributed by atoms with E-state index in [2.05, 4.69) is 32.9 Å². The largest absolute Gasteiger partial charge is 0.113 e. The molecule has 0 aliphatic carbocycles. The highest BCUT2D eigenvalue weighted by molar-refractivity contribution is 8.18. The van der Waals surface area contributed by atoms with Crippen LogP contribution >= 0.6 is 23.5 Å². The standard InChI is InChI=1S/C11H14S2/c1-7(2)9-5-4-8(3)10-11(9)13-6-12-10/h4-5,7H,6H2,1-3H3. The lowest BCUT2D eigenvalue weighted by molar-refractivity contribution is 0.829. The number of benzene rings is 1. The Kier molecular flexibility index (Phi) is 2.61. The van der Waals surface area contributed by atoms with E-state index >= 15 is 0 Å². The summed E-state index contributed by atoms with van der Waals surface area (Å²) in [6, 6.07) is 4.55. The molecule has 2 rings (SSSR count). The Hall–Kier alpha value is -0.0800. The van der Waals surface area contributed by atoms with E-state index in [1.807, 2.05) is 23.5 Å². The van der Waals surface area contributed by atoms with Gasteiger partial charge in [0.25, 0.3) is 0 Å². The molecular formula is C11H14S2. The predicted molar refractivity (Wildman–Crippen MR) is 61.8 cm³/mol. The second-order valence-electron chi connectivity index (χ2n) is 3.69. The first kappa shape index (κ1) is 9.47. The lowest BCUT2D eigenvalue weighted by Crippen LogP contribution is -1.91. The molecule has 0 spiro atoms. The van der Waals surface area contributed by atoms with Gasteiger partial charge in [0.15, 0.2) is 0 Å². The van der Waals surface area contributed by atoms with E-state index in [0.29, 0.717) is 5.92 Å². The molecule has 0 saturated carbocycles. The topological polar surface area (TPSA) is 0 Å². The van der Waals surface area contributed by atoms with Crippen LogP contribution in [-0.4, -0.2) is 5.08 Å². The molecule has 70 valence electrons. The van der Waals surface area contributed by atoms with E-state index in [9.17, 15) is 0 Å². The van der Waals surface area contributed by atoms with Gasteiger partial charge in [0.2, 0.25) is 0 Å². The first-order chi connectivity index (χ1) is 6.20. The molecular weight excluding hydrogens is 196 g/mol. The fourth-order valence-electron chi connectivity index (χ4n) is 1.61. The molecule has 0 saturated heterocycles. The van der Waals surface area contributed by atoms with E-state index in [1.54, 1.807) is 4.90 Å². The zero-order valence-corrected chi connectivity index (χ0v) is 9.89. The van der Waals surface area contributed by atoms with Gasteiger partial charge in [0.05, 0.1) is 0 Å². The quantitative estimate of drug-likeness (QED) is 0.679. The third-order valence-electron chi connectivity index (χ3n) is 2.37. The van der Waals surface area contributed by atoms with E-state index in [1.165, 1.54) is 21.1 Å². The highest BCUT2D eigenvalue weighted by Crippen LogP contribution is 2.47. The summed E-state index contributed by atoms with van der Waals surface area (Å²) in [7, 11) is 0. The van der Waals surface area contributed by atoms with Gasteiger partial charge in [0.1, 0.15) is 0 Å². The van der Waals surface area contributed by atoms with Gasteiger partial charge in [-0.25, -0.2) is 0 Å². The average molecular weight is 210 g/mol. The van der Waals surface area contributed by atoms with Gasteiger partial charge < -0.3 is 0 Å². The SMILES string of the molecule is Cc1ccc(C(C)C)c2c1SCS2. The summed E-state index contributed by atoms with van der Waals surface area (Å²) in [5.41, 5.74) is 2.96. The molecule has 0 bridgehead atoms. The number of hydrogen-bond acceptors (Lipinski definition) is 2. The van der Waals surface area contributed by atoms with Crippen molar-refractivity contribution in [2.24, 2.45) is 0 Å². The Balaban J connectivity index is 2.56. The Morgan fingerprint density at radius 2 is 1.85 bits per heavy atom. The molecule has 1 aliphatic rings. The first-order valence-corrected chi connectivity index (χ1v) is 6.56. The molecule has 0 aromatic heterocycles. The lowest BCUT2D eigenvalue weighted by atomic mass is 10.0. The molecule has 0 atom stereocenters. The fourth-order valence-corrected chi connectivity index (χ4v) is 4.45. The van der Waals surface area contributed by atoms with Crippen LogP contribution in [0.3, 0.4) is 0 Å². The van der Waals surface area contributed by atoms with Crippen LogP contribution in [0.25, 0.3) is 0 Å². The molecule has 0 amide bonds. The number of thioether (sulfide) groups is 2. The molecule has 13 heavy (non-hydrogen) atoms. The Morgan fingerprint density at radius 1 is 1.15 bits per heavy atom. The van der Waals surface area contributed by atoms with Crippen LogP contribution in [-0.2, 0) is 0 Å². The third-order valence-corrected chi connectivity index (χ3v) is 4.98. The van der Waals surface area contributed by atoms with Gasteiger partial charge in [-0.15, -0.1) is 23.5 Å². The molecule has 2 heteroatoms. The van der Waals surface area contributed by atoms with Crippen LogP contribution in [0.2, 0.25) is 0 Å². The van der Waals surface area contributed by atoms with Crippen LogP contribution in [0, 0.1) is 6.92 Å². The molecule has 1 aliphatic heterocycles. The summed E-state index contributed by atoms with van der Waals surface area (Å²) < 4.78 is 0. The van der Waals surface area contributed by atoms with Crippen molar-refractivity contribution in [1.82, 2.24) is 0 Å². The number of aryl methyl sites for hydroxylation is 1. The fraction of sp³-hybridized carbons (Fsp3) is 0.455. The maximum Gasteiger partial charge on any atom is 0.0487 e. The molecule has 1 aromatic rings. The van der Waals surface area contributed by atoms with Crippen LogP contribution in [0.1, 0.15) is 30.9 Å². The summed E-state index contributed by atoms with van der Waals surface area (Å²) in [5, 5.41) is 1.19. The van der Waals surface area contributed by atoms with Gasteiger partial charge in [-0.05, 0) is 24.0 Å². The third kappa shape index (κ3) is 1.62. The number of fused-ring (bicyclic) bond motifs is 1. The molecule has 1 heterocycles. The van der Waals surface area contributed by atoms with E-state index in [-0.39, 0.29) is 0 Å². The van der Waals surface area contributed by atoms with Crippen molar-refractivity contribution in [3.8, 4) is 0 Å². The van der Waals surface area contributed by atoms with Crippen molar-refractivity contribution < 1.29 is 0 Å². The zero-order valence-electron chi connectivity index (χ0n) is 8.26. The Labute approximate surface area is 88.5 Å². The summed E-state index contributed by atoms with van der Waals surface area (Å²) >= 11 is 3.99.